The molecular formula is C11H14N2O3. The fourth-order valence-electron chi connectivity index (χ4n) is 1.53. The number of hydrogen-bond acceptors (Lipinski definition) is 4. The predicted molar refractivity (Wildman–Crippen MR) is 56.1 cm³/mol. The second-order valence-electron chi connectivity index (χ2n) is 4.40. The van der Waals surface area contributed by atoms with Gasteiger partial charge in [-0.3, -0.25) is 4.79 Å². The predicted octanol–water partition coefficient (Wildman–Crippen LogP) is 0.912. The molecule has 0 aliphatic carbocycles. The molecule has 1 aliphatic rings. The number of carbonyl (C=O) groups is 1. The van der Waals surface area contributed by atoms with Crippen LogP contribution in [0, 0.1) is 0 Å². The van der Waals surface area contributed by atoms with Crippen LogP contribution >= 0.6 is 0 Å². The van der Waals surface area contributed by atoms with Crippen LogP contribution in [-0.4, -0.2) is 27.7 Å². The van der Waals surface area contributed by atoms with E-state index in [1.165, 1.54) is 0 Å². The molecule has 2 heterocycles. The molecular weight excluding hydrogens is 208 g/mol. The Morgan fingerprint density at radius 1 is 1.56 bits per heavy atom. The molecule has 2 rings (SSSR count). The monoisotopic (exact) mass is 222 g/mol. The van der Waals surface area contributed by atoms with E-state index in [0.29, 0.717) is 19.0 Å². The molecule has 0 radical (unpaired) electrons. The first-order chi connectivity index (χ1) is 7.51. The van der Waals surface area contributed by atoms with Crippen LogP contribution < -0.4 is 0 Å². The van der Waals surface area contributed by atoms with Crippen molar-refractivity contribution in [1.82, 2.24) is 9.97 Å². The van der Waals surface area contributed by atoms with E-state index < -0.39 is 11.4 Å². The molecule has 16 heavy (non-hydrogen) atoms. The van der Waals surface area contributed by atoms with Crippen molar-refractivity contribution in [1.29, 1.82) is 0 Å². The summed E-state index contributed by atoms with van der Waals surface area (Å²) >= 11 is 0. The highest BCUT2D eigenvalue weighted by Crippen LogP contribution is 2.22. The Kier molecular flexibility index (Phi) is 2.63. The van der Waals surface area contributed by atoms with Crippen molar-refractivity contribution >= 4 is 5.97 Å². The van der Waals surface area contributed by atoms with Crippen molar-refractivity contribution in [3.8, 4) is 0 Å². The Hall–Kier alpha value is -1.49. The third kappa shape index (κ3) is 1.78. The smallest absolute Gasteiger partial charge is 0.316 e. The van der Waals surface area contributed by atoms with Gasteiger partial charge in [-0.1, -0.05) is 0 Å². The molecule has 86 valence electrons. The molecule has 0 spiro atoms. The maximum atomic E-state index is 11.1. The summed E-state index contributed by atoms with van der Waals surface area (Å²) < 4.78 is 5.27. The molecule has 0 aromatic carbocycles. The van der Waals surface area contributed by atoms with E-state index >= 15 is 0 Å². The molecule has 0 amide bonds. The van der Waals surface area contributed by atoms with Gasteiger partial charge < -0.3 is 9.84 Å². The van der Waals surface area contributed by atoms with Crippen LogP contribution in [0.1, 0.15) is 30.9 Å². The van der Waals surface area contributed by atoms with Gasteiger partial charge in [0.15, 0.2) is 0 Å². The Labute approximate surface area is 93.5 Å². The number of aliphatic carboxylic acids is 1. The highest BCUT2D eigenvalue weighted by Gasteiger charge is 2.33. The number of carboxylic acid groups (broad SMARTS) is 1. The number of aromatic nitrogens is 2. The molecule has 1 N–H and O–H groups in total. The fourth-order valence-corrected chi connectivity index (χ4v) is 1.53. The Morgan fingerprint density at radius 2 is 2.31 bits per heavy atom. The summed E-state index contributed by atoms with van der Waals surface area (Å²) in [5.41, 5.74) is 0.814. The minimum Gasteiger partial charge on any atom is -0.481 e. The molecule has 5 nitrogen and oxygen atoms in total. The molecule has 5 heteroatoms. The van der Waals surface area contributed by atoms with E-state index in [9.17, 15) is 4.79 Å². The molecule has 1 aromatic heterocycles. The molecule has 0 saturated carbocycles. The van der Waals surface area contributed by atoms with Crippen molar-refractivity contribution in [2.75, 3.05) is 6.61 Å². The lowest BCUT2D eigenvalue weighted by atomic mass is 9.92. The summed E-state index contributed by atoms with van der Waals surface area (Å²) in [6.45, 7) is 4.37. The first kappa shape index (κ1) is 11.0. The average Bonchev–Trinajstić information content (AvgIpc) is 2.28. The number of nitrogens with zero attached hydrogens (tertiary/aromatic N) is 2. The van der Waals surface area contributed by atoms with Crippen LogP contribution in [-0.2, 0) is 28.0 Å². The van der Waals surface area contributed by atoms with Crippen LogP contribution in [0.4, 0.5) is 0 Å². The maximum absolute atomic E-state index is 11.1. The number of hydrogen-bond donors (Lipinski definition) is 1. The molecule has 0 fully saturated rings. The van der Waals surface area contributed by atoms with Crippen LogP contribution in [0.15, 0.2) is 6.20 Å². The van der Waals surface area contributed by atoms with Gasteiger partial charge in [0.1, 0.15) is 11.2 Å². The molecule has 1 aliphatic heterocycles. The summed E-state index contributed by atoms with van der Waals surface area (Å²) in [6, 6.07) is 0. The topological polar surface area (TPSA) is 72.3 Å². The summed E-state index contributed by atoms with van der Waals surface area (Å²) in [6.07, 6.45) is 2.39. The lowest BCUT2D eigenvalue weighted by Crippen LogP contribution is -2.32. The van der Waals surface area contributed by atoms with Crippen molar-refractivity contribution in [2.24, 2.45) is 0 Å². The summed E-state index contributed by atoms with van der Waals surface area (Å²) in [5, 5.41) is 9.09. The fraction of sp³-hybridized carbons (Fsp3) is 0.545. The number of rotatable bonds is 2. The largest absolute Gasteiger partial charge is 0.481 e. The van der Waals surface area contributed by atoms with E-state index in [0.717, 1.165) is 17.7 Å². The van der Waals surface area contributed by atoms with E-state index in [1.807, 2.05) is 0 Å². The lowest BCUT2D eigenvalue weighted by molar-refractivity contribution is -0.142. The van der Waals surface area contributed by atoms with Crippen LogP contribution in [0.3, 0.4) is 0 Å². The van der Waals surface area contributed by atoms with Crippen LogP contribution in [0.25, 0.3) is 0 Å². The first-order valence-corrected chi connectivity index (χ1v) is 5.18. The van der Waals surface area contributed by atoms with Gasteiger partial charge in [0.25, 0.3) is 0 Å². The minimum atomic E-state index is -1.05. The Bertz CT molecular complexity index is 429. The van der Waals surface area contributed by atoms with Crippen molar-refractivity contribution in [3.05, 3.63) is 23.3 Å². The van der Waals surface area contributed by atoms with Crippen molar-refractivity contribution in [3.63, 3.8) is 0 Å². The molecule has 0 unspecified atom stereocenters. The minimum absolute atomic E-state index is 0.362. The normalized spacial score (nSPS) is 15.6. The van der Waals surface area contributed by atoms with Gasteiger partial charge >= 0.3 is 5.97 Å². The zero-order chi connectivity index (χ0) is 11.8. The van der Waals surface area contributed by atoms with Crippen LogP contribution in [0.5, 0.6) is 0 Å². The highest BCUT2D eigenvalue weighted by molar-refractivity contribution is 5.78. The van der Waals surface area contributed by atoms with Crippen LogP contribution in [0.2, 0.25) is 0 Å². The Balaban J connectivity index is 2.40. The van der Waals surface area contributed by atoms with E-state index in [1.54, 1.807) is 20.0 Å². The van der Waals surface area contributed by atoms with Crippen molar-refractivity contribution < 1.29 is 14.6 Å². The maximum Gasteiger partial charge on any atom is 0.316 e. The van der Waals surface area contributed by atoms with E-state index in [4.69, 9.17) is 9.84 Å². The molecule has 0 bridgehead atoms. The van der Waals surface area contributed by atoms with Gasteiger partial charge in [-0.25, -0.2) is 9.97 Å². The number of fused-ring (bicyclic) bond motifs is 1. The van der Waals surface area contributed by atoms with Gasteiger partial charge in [0.05, 0.1) is 18.9 Å². The second kappa shape index (κ2) is 3.83. The molecule has 0 saturated heterocycles. The van der Waals surface area contributed by atoms with Gasteiger partial charge in [0, 0.05) is 18.2 Å². The van der Waals surface area contributed by atoms with Crippen molar-refractivity contribution in [2.45, 2.75) is 32.3 Å². The molecule has 1 aromatic rings. The average molecular weight is 222 g/mol. The second-order valence-corrected chi connectivity index (χ2v) is 4.40. The first-order valence-electron chi connectivity index (χ1n) is 5.18. The summed E-state index contributed by atoms with van der Waals surface area (Å²) in [7, 11) is 0. The third-order valence-electron chi connectivity index (χ3n) is 2.79. The lowest BCUT2D eigenvalue weighted by Gasteiger charge is -2.21. The third-order valence-corrected chi connectivity index (χ3v) is 2.79. The zero-order valence-electron chi connectivity index (χ0n) is 9.36. The SMILES string of the molecule is CC(C)(C(=O)O)c1ncc2c(n1)CCOC2. The molecule has 0 atom stereocenters. The van der Waals surface area contributed by atoms with Gasteiger partial charge in [0.2, 0.25) is 0 Å². The summed E-state index contributed by atoms with van der Waals surface area (Å²) in [5.74, 6) is -0.555. The van der Waals surface area contributed by atoms with Gasteiger partial charge in [-0.05, 0) is 13.8 Å². The Morgan fingerprint density at radius 3 is 3.00 bits per heavy atom. The van der Waals surface area contributed by atoms with E-state index in [-0.39, 0.29) is 0 Å². The quantitative estimate of drug-likeness (QED) is 0.805. The zero-order valence-corrected chi connectivity index (χ0v) is 9.36. The summed E-state index contributed by atoms with van der Waals surface area (Å²) in [4.78, 5) is 19.5. The number of ether oxygens (including phenoxy) is 1. The highest BCUT2D eigenvalue weighted by atomic mass is 16.5. The van der Waals surface area contributed by atoms with Gasteiger partial charge in [-0.15, -0.1) is 0 Å². The standard InChI is InChI=1S/C11H14N2O3/c1-11(2,10(14)15)9-12-5-7-6-16-4-3-8(7)13-9/h5H,3-4,6H2,1-2H3,(H,14,15). The van der Waals surface area contributed by atoms with Gasteiger partial charge in [-0.2, -0.15) is 0 Å². The van der Waals surface area contributed by atoms with E-state index in [2.05, 4.69) is 9.97 Å². The number of carboxylic acids is 1.